The van der Waals surface area contributed by atoms with E-state index < -0.39 is 0 Å². The second kappa shape index (κ2) is 9.11. The summed E-state index contributed by atoms with van der Waals surface area (Å²) in [4.78, 5) is 15.3. The highest BCUT2D eigenvalue weighted by Crippen LogP contribution is 2.22. The van der Waals surface area contributed by atoms with Crippen molar-refractivity contribution in [3.63, 3.8) is 0 Å². The molecule has 154 valence electrons. The SMILES string of the molecule is Cc1nn(-c2ccccc2)c(C)c1NC(=O)C[NH+](Cc1ccco1)Cc1cccs1. The first-order valence-electron chi connectivity index (χ1n) is 9.90. The number of aryl methyl sites for hydroxylation is 1. The number of rotatable bonds is 8. The maximum absolute atomic E-state index is 12.9. The highest BCUT2D eigenvalue weighted by atomic mass is 32.1. The maximum Gasteiger partial charge on any atom is 0.279 e. The van der Waals surface area contributed by atoms with Crippen molar-refractivity contribution in [2.24, 2.45) is 0 Å². The molecule has 1 unspecified atom stereocenters. The van der Waals surface area contributed by atoms with Gasteiger partial charge in [0.15, 0.2) is 12.3 Å². The summed E-state index contributed by atoms with van der Waals surface area (Å²) < 4.78 is 7.38. The first-order chi connectivity index (χ1) is 14.6. The van der Waals surface area contributed by atoms with Crippen LogP contribution < -0.4 is 10.2 Å². The molecule has 0 saturated carbocycles. The van der Waals surface area contributed by atoms with Gasteiger partial charge in [-0.05, 0) is 49.6 Å². The van der Waals surface area contributed by atoms with Gasteiger partial charge in [0.25, 0.3) is 5.91 Å². The van der Waals surface area contributed by atoms with E-state index in [-0.39, 0.29) is 5.91 Å². The second-order valence-corrected chi connectivity index (χ2v) is 8.31. The molecular formula is C23H25N4O2S+. The standard InChI is InChI=1S/C23H24N4O2S/c1-17-23(18(2)27(25-17)19-8-4-3-5-9-19)24-22(28)16-26(14-20-10-6-12-29-20)15-21-11-7-13-30-21/h3-13H,14-16H2,1-2H3,(H,24,28)/p+1. The van der Waals surface area contributed by atoms with Crippen molar-refractivity contribution in [1.82, 2.24) is 9.78 Å². The number of quaternary nitrogens is 1. The fraction of sp³-hybridized carbons (Fsp3) is 0.217. The lowest BCUT2D eigenvalue weighted by Gasteiger charge is -2.17. The summed E-state index contributed by atoms with van der Waals surface area (Å²) in [5, 5.41) is 9.76. The number of furan rings is 1. The minimum absolute atomic E-state index is 0.0353. The fourth-order valence-corrected chi connectivity index (χ4v) is 4.34. The molecule has 2 N–H and O–H groups in total. The highest BCUT2D eigenvalue weighted by Gasteiger charge is 2.20. The van der Waals surface area contributed by atoms with Gasteiger partial charge in [-0.3, -0.25) is 4.79 Å². The number of hydrogen-bond donors (Lipinski definition) is 2. The summed E-state index contributed by atoms with van der Waals surface area (Å²) in [5.74, 6) is 0.838. The van der Waals surface area contributed by atoms with Gasteiger partial charge in [0.2, 0.25) is 0 Å². The third kappa shape index (κ3) is 4.69. The molecule has 0 radical (unpaired) electrons. The van der Waals surface area contributed by atoms with Crippen molar-refractivity contribution in [2.45, 2.75) is 26.9 Å². The summed E-state index contributed by atoms with van der Waals surface area (Å²) >= 11 is 1.70. The van der Waals surface area contributed by atoms with Crippen molar-refractivity contribution in [3.05, 3.63) is 88.3 Å². The molecule has 0 spiro atoms. The van der Waals surface area contributed by atoms with Gasteiger partial charge >= 0.3 is 0 Å². The van der Waals surface area contributed by atoms with Crippen LogP contribution in [0.1, 0.15) is 22.0 Å². The number of nitrogens with zero attached hydrogens (tertiary/aromatic N) is 2. The van der Waals surface area contributed by atoms with E-state index >= 15 is 0 Å². The smallest absolute Gasteiger partial charge is 0.279 e. The van der Waals surface area contributed by atoms with E-state index in [0.717, 1.165) is 40.0 Å². The number of nitrogens with one attached hydrogen (secondary N) is 2. The molecule has 0 saturated heterocycles. The van der Waals surface area contributed by atoms with E-state index in [1.165, 1.54) is 4.88 Å². The highest BCUT2D eigenvalue weighted by molar-refractivity contribution is 7.09. The molecule has 0 aliphatic rings. The molecule has 6 nitrogen and oxygen atoms in total. The van der Waals surface area contributed by atoms with Gasteiger partial charge in [-0.25, -0.2) is 4.68 Å². The minimum atomic E-state index is -0.0353. The monoisotopic (exact) mass is 421 g/mol. The van der Waals surface area contributed by atoms with Crippen molar-refractivity contribution in [3.8, 4) is 5.69 Å². The number of carbonyl (C=O) groups is 1. The number of amides is 1. The largest absolute Gasteiger partial charge is 0.463 e. The summed E-state index contributed by atoms with van der Waals surface area (Å²) in [6.07, 6.45) is 1.67. The van der Waals surface area contributed by atoms with Gasteiger partial charge in [-0.2, -0.15) is 5.10 Å². The lowest BCUT2D eigenvalue weighted by Crippen LogP contribution is -3.10. The Hall–Kier alpha value is -3.16. The minimum Gasteiger partial charge on any atom is -0.463 e. The number of benzene rings is 1. The second-order valence-electron chi connectivity index (χ2n) is 7.28. The zero-order chi connectivity index (χ0) is 20.9. The molecule has 1 aromatic carbocycles. The van der Waals surface area contributed by atoms with Gasteiger partial charge in [0.1, 0.15) is 13.1 Å². The predicted molar refractivity (Wildman–Crippen MR) is 118 cm³/mol. The van der Waals surface area contributed by atoms with Crippen LogP contribution in [0.4, 0.5) is 5.69 Å². The molecule has 0 bridgehead atoms. The van der Waals surface area contributed by atoms with Crippen LogP contribution in [-0.4, -0.2) is 22.2 Å². The number of anilines is 1. The quantitative estimate of drug-likeness (QED) is 0.459. The Morgan fingerprint density at radius 2 is 1.93 bits per heavy atom. The van der Waals surface area contributed by atoms with Crippen molar-refractivity contribution < 1.29 is 14.1 Å². The van der Waals surface area contributed by atoms with E-state index in [9.17, 15) is 4.79 Å². The van der Waals surface area contributed by atoms with Crippen LogP contribution in [0.25, 0.3) is 5.69 Å². The zero-order valence-corrected chi connectivity index (χ0v) is 17.9. The number of carbonyl (C=O) groups excluding carboxylic acids is 1. The molecule has 0 aliphatic heterocycles. The van der Waals surface area contributed by atoms with Crippen LogP contribution in [0.5, 0.6) is 0 Å². The summed E-state index contributed by atoms with van der Waals surface area (Å²) in [6, 6.07) is 17.9. The van der Waals surface area contributed by atoms with Gasteiger partial charge in [-0.15, -0.1) is 11.3 Å². The molecule has 1 amide bonds. The average Bonchev–Trinajstić information content (AvgIpc) is 3.49. The van der Waals surface area contributed by atoms with Crippen molar-refractivity contribution in [1.29, 1.82) is 0 Å². The molecule has 7 heteroatoms. The Morgan fingerprint density at radius 3 is 2.63 bits per heavy atom. The lowest BCUT2D eigenvalue weighted by atomic mass is 10.2. The van der Waals surface area contributed by atoms with Crippen LogP contribution in [0, 0.1) is 13.8 Å². The van der Waals surface area contributed by atoms with Gasteiger partial charge in [-0.1, -0.05) is 24.3 Å². The number of para-hydroxylation sites is 1. The molecular weight excluding hydrogens is 396 g/mol. The summed E-state index contributed by atoms with van der Waals surface area (Å²) in [5.41, 5.74) is 3.46. The Kier molecular flexibility index (Phi) is 6.11. The van der Waals surface area contributed by atoms with E-state index in [0.29, 0.717) is 13.1 Å². The van der Waals surface area contributed by atoms with Gasteiger partial charge in [0.05, 0.1) is 33.9 Å². The maximum atomic E-state index is 12.9. The first kappa shape index (κ1) is 20.1. The van der Waals surface area contributed by atoms with Crippen molar-refractivity contribution in [2.75, 3.05) is 11.9 Å². The lowest BCUT2D eigenvalue weighted by molar-refractivity contribution is -0.920. The Balaban J connectivity index is 1.48. The van der Waals surface area contributed by atoms with E-state index in [2.05, 4.69) is 21.9 Å². The number of thiophene rings is 1. The van der Waals surface area contributed by atoms with Gasteiger partial charge < -0.3 is 14.6 Å². The Bertz CT molecular complexity index is 1050. The van der Waals surface area contributed by atoms with Gasteiger partial charge in [0, 0.05) is 0 Å². The van der Waals surface area contributed by atoms with Crippen LogP contribution in [0.2, 0.25) is 0 Å². The molecule has 4 aromatic rings. The topological polar surface area (TPSA) is 64.5 Å². The third-order valence-corrected chi connectivity index (χ3v) is 5.85. The number of hydrogen-bond acceptors (Lipinski definition) is 4. The summed E-state index contributed by atoms with van der Waals surface area (Å²) in [6.45, 7) is 5.66. The summed E-state index contributed by atoms with van der Waals surface area (Å²) in [7, 11) is 0. The number of aromatic nitrogens is 2. The molecule has 0 aliphatic carbocycles. The van der Waals surface area contributed by atoms with Crippen LogP contribution in [0.3, 0.4) is 0 Å². The van der Waals surface area contributed by atoms with Crippen LogP contribution >= 0.6 is 11.3 Å². The first-order valence-corrected chi connectivity index (χ1v) is 10.8. The van der Waals surface area contributed by atoms with E-state index in [1.807, 2.05) is 67.1 Å². The predicted octanol–water partition coefficient (Wildman–Crippen LogP) is 3.37. The fourth-order valence-electron chi connectivity index (χ4n) is 3.56. The van der Waals surface area contributed by atoms with Crippen LogP contribution in [-0.2, 0) is 17.9 Å². The van der Waals surface area contributed by atoms with Crippen LogP contribution in [0.15, 0.2) is 70.7 Å². The Morgan fingerprint density at radius 1 is 1.10 bits per heavy atom. The van der Waals surface area contributed by atoms with E-state index in [4.69, 9.17) is 4.42 Å². The zero-order valence-electron chi connectivity index (χ0n) is 17.1. The normalized spacial score (nSPS) is 12.1. The van der Waals surface area contributed by atoms with Crippen molar-refractivity contribution >= 4 is 22.9 Å². The average molecular weight is 422 g/mol. The molecule has 4 rings (SSSR count). The Labute approximate surface area is 179 Å². The third-order valence-electron chi connectivity index (χ3n) is 4.98. The van der Waals surface area contributed by atoms with E-state index in [1.54, 1.807) is 17.6 Å². The molecule has 3 aromatic heterocycles. The molecule has 3 heterocycles. The molecule has 0 fully saturated rings. The molecule has 1 atom stereocenters. The molecule has 30 heavy (non-hydrogen) atoms.